The summed E-state index contributed by atoms with van der Waals surface area (Å²) in [7, 11) is 2.11. The molecule has 1 N–H and O–H groups in total. The summed E-state index contributed by atoms with van der Waals surface area (Å²) in [5, 5.41) is 2.55. The summed E-state index contributed by atoms with van der Waals surface area (Å²) in [6.45, 7) is 1.29. The van der Waals surface area contributed by atoms with Gasteiger partial charge in [0.25, 0.3) is 0 Å². The van der Waals surface area contributed by atoms with E-state index in [1.165, 1.54) is 70.8 Å². The predicted octanol–water partition coefficient (Wildman–Crippen LogP) is 3.34. The zero-order chi connectivity index (χ0) is 11.2. The van der Waals surface area contributed by atoms with Gasteiger partial charge in [-0.3, -0.25) is 5.43 Å². The molecule has 2 fully saturated rings. The molecular weight excluding hydrogens is 196 g/mol. The second-order valence-electron chi connectivity index (χ2n) is 5.67. The minimum absolute atomic E-state index is 0.820. The highest BCUT2D eigenvalue weighted by molar-refractivity contribution is 4.76. The van der Waals surface area contributed by atoms with Gasteiger partial charge in [-0.2, -0.15) is 0 Å². The Morgan fingerprint density at radius 2 is 1.44 bits per heavy atom. The highest BCUT2D eigenvalue weighted by Gasteiger charge is 2.23. The maximum absolute atomic E-state index is 3.45. The largest absolute Gasteiger partial charge is 0.258 e. The molecule has 0 aromatic heterocycles. The first kappa shape index (κ1) is 12.4. The highest BCUT2D eigenvalue weighted by Crippen LogP contribution is 2.27. The van der Waals surface area contributed by atoms with Crippen LogP contribution in [0.2, 0.25) is 0 Å². The monoisotopic (exact) mass is 224 g/mol. The Bertz CT molecular complexity index is 181. The Morgan fingerprint density at radius 3 is 2.00 bits per heavy atom. The van der Waals surface area contributed by atoms with Crippen LogP contribution in [-0.2, 0) is 0 Å². The molecule has 0 radical (unpaired) electrons. The van der Waals surface area contributed by atoms with E-state index >= 15 is 0 Å². The minimum atomic E-state index is 0.820. The first-order chi connectivity index (χ1) is 7.90. The van der Waals surface area contributed by atoms with E-state index in [0.29, 0.717) is 0 Å². The van der Waals surface area contributed by atoms with Crippen LogP contribution in [0.15, 0.2) is 0 Å². The normalized spacial score (nSPS) is 25.1. The van der Waals surface area contributed by atoms with Crippen molar-refractivity contribution in [2.24, 2.45) is 5.92 Å². The van der Waals surface area contributed by atoms with Gasteiger partial charge in [-0.05, 0) is 38.6 Å². The molecule has 0 spiro atoms. The van der Waals surface area contributed by atoms with E-state index in [-0.39, 0.29) is 0 Å². The number of rotatable bonds is 4. The first-order valence-corrected chi connectivity index (χ1v) is 7.34. The van der Waals surface area contributed by atoms with Crippen LogP contribution in [0, 0.1) is 5.92 Å². The zero-order valence-corrected chi connectivity index (χ0v) is 10.9. The van der Waals surface area contributed by atoms with Crippen molar-refractivity contribution in [2.45, 2.75) is 70.3 Å². The molecule has 0 aromatic rings. The second-order valence-corrected chi connectivity index (χ2v) is 5.67. The summed E-state index contributed by atoms with van der Waals surface area (Å²) in [6, 6.07) is 0.820. The third-order valence-electron chi connectivity index (χ3n) is 4.48. The molecule has 2 aliphatic carbocycles. The molecule has 0 heterocycles. The van der Waals surface area contributed by atoms with Gasteiger partial charge in [-0.1, -0.05) is 38.5 Å². The first-order valence-electron chi connectivity index (χ1n) is 7.34. The maximum Gasteiger partial charge on any atom is 0.0243 e. The van der Waals surface area contributed by atoms with Crippen molar-refractivity contribution in [2.75, 3.05) is 13.6 Å². The third-order valence-corrected chi connectivity index (χ3v) is 4.48. The van der Waals surface area contributed by atoms with Crippen LogP contribution < -0.4 is 5.43 Å². The van der Waals surface area contributed by atoms with Gasteiger partial charge in [0, 0.05) is 12.6 Å². The molecule has 0 unspecified atom stereocenters. The van der Waals surface area contributed by atoms with Crippen LogP contribution in [0.5, 0.6) is 0 Å². The minimum Gasteiger partial charge on any atom is -0.258 e. The standard InChI is InChI=1S/C14H28N2/c1-15-16(14-10-6-3-7-11-14)12-13-8-4-2-5-9-13/h13-15H,2-12H2,1H3. The smallest absolute Gasteiger partial charge is 0.0243 e. The van der Waals surface area contributed by atoms with Gasteiger partial charge in [0.15, 0.2) is 0 Å². The number of hydrazine groups is 1. The second kappa shape index (κ2) is 6.61. The van der Waals surface area contributed by atoms with Gasteiger partial charge < -0.3 is 0 Å². The Labute approximate surface area is 101 Å². The fourth-order valence-electron chi connectivity index (χ4n) is 3.46. The van der Waals surface area contributed by atoms with Crippen molar-refractivity contribution in [1.29, 1.82) is 0 Å². The lowest BCUT2D eigenvalue weighted by Gasteiger charge is -2.36. The molecule has 0 saturated heterocycles. The number of nitrogens with zero attached hydrogens (tertiary/aromatic N) is 1. The van der Waals surface area contributed by atoms with Crippen molar-refractivity contribution in [3.63, 3.8) is 0 Å². The van der Waals surface area contributed by atoms with Crippen molar-refractivity contribution in [3.8, 4) is 0 Å². The van der Waals surface area contributed by atoms with Crippen molar-refractivity contribution in [1.82, 2.24) is 10.4 Å². The van der Waals surface area contributed by atoms with Crippen LogP contribution in [0.3, 0.4) is 0 Å². The molecule has 2 rings (SSSR count). The summed E-state index contributed by atoms with van der Waals surface area (Å²) in [4.78, 5) is 0. The van der Waals surface area contributed by atoms with E-state index in [0.717, 1.165) is 12.0 Å². The van der Waals surface area contributed by atoms with E-state index < -0.39 is 0 Å². The number of hydrogen-bond acceptors (Lipinski definition) is 2. The van der Waals surface area contributed by atoms with Crippen molar-refractivity contribution < 1.29 is 0 Å². The van der Waals surface area contributed by atoms with E-state index in [1.807, 2.05) is 0 Å². The molecule has 2 nitrogen and oxygen atoms in total. The zero-order valence-electron chi connectivity index (χ0n) is 10.9. The van der Waals surface area contributed by atoms with Crippen molar-refractivity contribution >= 4 is 0 Å². The van der Waals surface area contributed by atoms with E-state index in [9.17, 15) is 0 Å². The Hall–Kier alpha value is -0.0800. The third kappa shape index (κ3) is 3.46. The summed E-state index contributed by atoms with van der Waals surface area (Å²) < 4.78 is 0. The van der Waals surface area contributed by atoms with Crippen molar-refractivity contribution in [3.05, 3.63) is 0 Å². The van der Waals surface area contributed by atoms with Gasteiger partial charge in [0.05, 0.1) is 0 Å². The Kier molecular flexibility index (Phi) is 5.11. The summed E-state index contributed by atoms with van der Waals surface area (Å²) in [5.41, 5.74) is 3.45. The quantitative estimate of drug-likeness (QED) is 0.737. The fraction of sp³-hybridized carbons (Fsp3) is 1.00. The molecule has 2 aliphatic rings. The van der Waals surface area contributed by atoms with Crippen LogP contribution in [0.1, 0.15) is 64.2 Å². The van der Waals surface area contributed by atoms with Gasteiger partial charge in [0.1, 0.15) is 0 Å². The molecule has 0 atom stereocenters. The van der Waals surface area contributed by atoms with E-state index in [1.54, 1.807) is 0 Å². The van der Waals surface area contributed by atoms with Gasteiger partial charge in [-0.15, -0.1) is 0 Å². The summed E-state index contributed by atoms with van der Waals surface area (Å²) in [5.74, 6) is 0.961. The average Bonchev–Trinajstić information content (AvgIpc) is 2.38. The molecule has 0 aromatic carbocycles. The lowest BCUT2D eigenvalue weighted by Crippen LogP contribution is -2.47. The molecule has 0 bridgehead atoms. The molecule has 2 heteroatoms. The van der Waals surface area contributed by atoms with Crippen LogP contribution >= 0.6 is 0 Å². The molecule has 16 heavy (non-hydrogen) atoms. The predicted molar refractivity (Wildman–Crippen MR) is 69.2 cm³/mol. The topological polar surface area (TPSA) is 15.3 Å². The SMILES string of the molecule is CNN(CC1CCCCC1)C1CCCCC1. The highest BCUT2D eigenvalue weighted by atomic mass is 15.5. The maximum atomic E-state index is 3.45. The Balaban J connectivity index is 1.78. The van der Waals surface area contributed by atoms with Gasteiger partial charge >= 0.3 is 0 Å². The molecule has 0 aliphatic heterocycles. The van der Waals surface area contributed by atoms with Crippen LogP contribution in [-0.4, -0.2) is 24.6 Å². The van der Waals surface area contributed by atoms with E-state index in [2.05, 4.69) is 17.5 Å². The Morgan fingerprint density at radius 1 is 0.875 bits per heavy atom. The fourth-order valence-corrected chi connectivity index (χ4v) is 3.46. The van der Waals surface area contributed by atoms with Gasteiger partial charge in [-0.25, -0.2) is 5.01 Å². The number of hydrogen-bond donors (Lipinski definition) is 1. The molecular formula is C14H28N2. The summed E-state index contributed by atoms with van der Waals surface area (Å²) in [6.07, 6.45) is 14.5. The molecule has 94 valence electrons. The lowest BCUT2D eigenvalue weighted by molar-refractivity contribution is 0.0782. The van der Waals surface area contributed by atoms with Gasteiger partial charge in [0.2, 0.25) is 0 Å². The lowest BCUT2D eigenvalue weighted by atomic mass is 9.88. The summed E-state index contributed by atoms with van der Waals surface area (Å²) >= 11 is 0. The van der Waals surface area contributed by atoms with Crippen LogP contribution in [0.25, 0.3) is 0 Å². The van der Waals surface area contributed by atoms with Crippen LogP contribution in [0.4, 0.5) is 0 Å². The van der Waals surface area contributed by atoms with E-state index in [4.69, 9.17) is 0 Å². The average molecular weight is 224 g/mol. The molecule has 2 saturated carbocycles. The number of nitrogens with one attached hydrogen (secondary N) is 1. The molecule has 0 amide bonds.